The first kappa shape index (κ1) is 11.3. The number of fused-ring (bicyclic) bond motifs is 1. The number of alkyl halides is 4. The number of hydrogen-bond donors (Lipinski definition) is 0. The smallest absolute Gasteiger partial charge is 0.280 e. The highest BCUT2D eigenvalue weighted by Crippen LogP contribution is 2.33. The molecule has 0 bridgehead atoms. The predicted octanol–water partition coefficient (Wildman–Crippen LogP) is 1.96. The van der Waals surface area contributed by atoms with Crippen LogP contribution >= 0.6 is 0 Å². The highest BCUT2D eigenvalue weighted by atomic mass is 19.3. The number of rotatable bonds is 2. The van der Waals surface area contributed by atoms with Crippen LogP contribution in [0.2, 0.25) is 0 Å². The van der Waals surface area contributed by atoms with E-state index in [4.69, 9.17) is 5.26 Å². The molecule has 0 unspecified atom stereocenters. The van der Waals surface area contributed by atoms with Crippen molar-refractivity contribution in [2.45, 2.75) is 12.3 Å². The quantitative estimate of drug-likeness (QED) is 0.759. The van der Waals surface area contributed by atoms with E-state index in [-0.39, 0.29) is 11.2 Å². The molecule has 0 radical (unpaired) electrons. The van der Waals surface area contributed by atoms with Gasteiger partial charge >= 0.3 is 12.3 Å². The van der Waals surface area contributed by atoms with Gasteiger partial charge in [-0.2, -0.15) is 14.0 Å². The summed E-state index contributed by atoms with van der Waals surface area (Å²) in [6, 6.07) is 4.28. The Morgan fingerprint density at radius 1 is 1.29 bits per heavy atom. The first-order valence-corrected chi connectivity index (χ1v) is 4.38. The Bertz CT molecular complexity index is 599. The third kappa shape index (κ3) is 1.69. The molecular weight excluding hydrogens is 240 g/mol. The van der Waals surface area contributed by atoms with Crippen LogP contribution in [0, 0.1) is 11.3 Å². The molecule has 0 atom stereocenters. The van der Waals surface area contributed by atoms with E-state index < -0.39 is 18.2 Å². The van der Waals surface area contributed by atoms with Gasteiger partial charge in [0, 0.05) is 6.20 Å². The molecule has 0 saturated carbocycles. The number of aromatic nitrogens is 3. The van der Waals surface area contributed by atoms with E-state index in [0.717, 1.165) is 6.20 Å². The lowest BCUT2D eigenvalue weighted by atomic mass is 10.3. The zero-order chi connectivity index (χ0) is 12.6. The Kier molecular flexibility index (Phi) is 2.46. The molecule has 2 aromatic rings. The molecule has 0 spiro atoms. The van der Waals surface area contributed by atoms with Gasteiger partial charge in [0.15, 0.2) is 5.65 Å². The Morgan fingerprint density at radius 2 is 2.00 bits per heavy atom. The standard InChI is InChI=1S/C9H4F4N4/c10-7(11)9(12,13)8-16-15-6-2-1-5(3-14)4-17(6)8/h1-2,4,7H. The van der Waals surface area contributed by atoms with Crippen LogP contribution < -0.4 is 0 Å². The van der Waals surface area contributed by atoms with E-state index in [1.54, 1.807) is 6.07 Å². The van der Waals surface area contributed by atoms with Crippen LogP contribution in [-0.4, -0.2) is 21.0 Å². The van der Waals surface area contributed by atoms with Crippen molar-refractivity contribution in [1.29, 1.82) is 5.26 Å². The van der Waals surface area contributed by atoms with Gasteiger partial charge in [0.05, 0.1) is 5.56 Å². The summed E-state index contributed by atoms with van der Waals surface area (Å²) < 4.78 is 51.3. The number of halogens is 4. The number of nitriles is 1. The summed E-state index contributed by atoms with van der Waals surface area (Å²) in [5.74, 6) is -5.59. The summed E-state index contributed by atoms with van der Waals surface area (Å²) in [6.45, 7) is 0. The molecule has 0 amide bonds. The van der Waals surface area contributed by atoms with Gasteiger partial charge < -0.3 is 0 Å². The third-order valence-corrected chi connectivity index (χ3v) is 2.10. The molecule has 0 fully saturated rings. The average Bonchev–Trinajstić information content (AvgIpc) is 2.71. The minimum absolute atomic E-state index is 0.0284. The predicted molar refractivity (Wildman–Crippen MR) is 47.6 cm³/mol. The number of pyridine rings is 1. The number of nitrogens with zero attached hydrogens (tertiary/aromatic N) is 4. The first-order chi connectivity index (χ1) is 7.96. The average molecular weight is 244 g/mol. The second kappa shape index (κ2) is 3.69. The van der Waals surface area contributed by atoms with Crippen molar-refractivity contribution in [3.05, 3.63) is 29.7 Å². The fourth-order valence-electron chi connectivity index (χ4n) is 1.28. The highest BCUT2D eigenvalue weighted by molar-refractivity contribution is 5.43. The molecular formula is C9H4F4N4. The molecule has 0 N–H and O–H groups in total. The highest BCUT2D eigenvalue weighted by Gasteiger charge is 2.47. The van der Waals surface area contributed by atoms with Gasteiger partial charge in [0.25, 0.3) is 0 Å². The first-order valence-electron chi connectivity index (χ1n) is 4.38. The maximum atomic E-state index is 13.1. The van der Waals surface area contributed by atoms with Crippen molar-refractivity contribution in [2.75, 3.05) is 0 Å². The van der Waals surface area contributed by atoms with E-state index in [0.29, 0.717) is 4.40 Å². The second-order valence-corrected chi connectivity index (χ2v) is 3.21. The minimum Gasteiger partial charge on any atom is -0.280 e. The van der Waals surface area contributed by atoms with Gasteiger partial charge in [0.1, 0.15) is 6.07 Å². The zero-order valence-electron chi connectivity index (χ0n) is 8.11. The van der Waals surface area contributed by atoms with Gasteiger partial charge in [-0.25, -0.2) is 8.78 Å². The fraction of sp³-hybridized carbons (Fsp3) is 0.222. The van der Waals surface area contributed by atoms with Gasteiger partial charge in [-0.05, 0) is 12.1 Å². The topological polar surface area (TPSA) is 54.0 Å². The van der Waals surface area contributed by atoms with Crippen LogP contribution in [0.5, 0.6) is 0 Å². The summed E-state index contributed by atoms with van der Waals surface area (Å²) in [5, 5.41) is 15.0. The van der Waals surface area contributed by atoms with E-state index in [1.165, 1.54) is 12.1 Å². The minimum atomic E-state index is -4.41. The zero-order valence-corrected chi connectivity index (χ0v) is 8.11. The molecule has 8 heteroatoms. The summed E-state index contributed by atoms with van der Waals surface area (Å²) in [4.78, 5) is 0. The van der Waals surface area contributed by atoms with Crippen molar-refractivity contribution in [3.8, 4) is 6.07 Å². The lowest BCUT2D eigenvalue weighted by Crippen LogP contribution is -2.26. The number of hydrogen-bond acceptors (Lipinski definition) is 3. The fourth-order valence-corrected chi connectivity index (χ4v) is 1.28. The van der Waals surface area contributed by atoms with Crippen molar-refractivity contribution in [3.63, 3.8) is 0 Å². The van der Waals surface area contributed by atoms with E-state index in [9.17, 15) is 17.6 Å². The molecule has 0 aliphatic carbocycles. The largest absolute Gasteiger partial charge is 0.366 e. The molecule has 2 aromatic heterocycles. The molecule has 88 valence electrons. The van der Waals surface area contributed by atoms with E-state index in [2.05, 4.69) is 10.2 Å². The normalized spacial score (nSPS) is 12.0. The van der Waals surface area contributed by atoms with Crippen LogP contribution in [-0.2, 0) is 5.92 Å². The Balaban J connectivity index is 2.67. The summed E-state index contributed by atoms with van der Waals surface area (Å²) in [6.07, 6.45) is -2.90. The van der Waals surface area contributed by atoms with Gasteiger partial charge in [-0.15, -0.1) is 10.2 Å². The molecule has 2 heterocycles. The molecule has 4 nitrogen and oxygen atoms in total. The molecule has 0 saturated heterocycles. The maximum Gasteiger partial charge on any atom is 0.366 e. The second-order valence-electron chi connectivity index (χ2n) is 3.21. The Hall–Kier alpha value is -2.17. The van der Waals surface area contributed by atoms with Crippen LogP contribution in [0.15, 0.2) is 18.3 Å². The molecule has 0 aliphatic rings. The van der Waals surface area contributed by atoms with Crippen molar-refractivity contribution < 1.29 is 17.6 Å². The summed E-state index contributed by atoms with van der Waals surface area (Å²) in [7, 11) is 0. The monoisotopic (exact) mass is 244 g/mol. The SMILES string of the molecule is N#Cc1ccc2nnc(C(F)(F)C(F)F)n2c1. The van der Waals surface area contributed by atoms with E-state index in [1.807, 2.05) is 0 Å². The maximum absolute atomic E-state index is 13.1. The van der Waals surface area contributed by atoms with Crippen molar-refractivity contribution in [1.82, 2.24) is 14.6 Å². The van der Waals surface area contributed by atoms with Crippen molar-refractivity contribution in [2.24, 2.45) is 0 Å². The Morgan fingerprint density at radius 3 is 2.59 bits per heavy atom. The summed E-state index contributed by atoms with van der Waals surface area (Å²) >= 11 is 0. The third-order valence-electron chi connectivity index (χ3n) is 2.10. The molecule has 0 aliphatic heterocycles. The van der Waals surface area contributed by atoms with Gasteiger partial charge in [0.2, 0.25) is 5.82 Å². The summed E-state index contributed by atoms with van der Waals surface area (Å²) in [5.41, 5.74) is 0.0166. The Labute approximate surface area is 92.1 Å². The van der Waals surface area contributed by atoms with Gasteiger partial charge in [-0.3, -0.25) is 4.40 Å². The van der Waals surface area contributed by atoms with E-state index >= 15 is 0 Å². The molecule has 0 aromatic carbocycles. The van der Waals surface area contributed by atoms with Gasteiger partial charge in [-0.1, -0.05) is 0 Å². The van der Waals surface area contributed by atoms with Crippen LogP contribution in [0.4, 0.5) is 17.6 Å². The molecule has 2 rings (SSSR count). The molecule has 17 heavy (non-hydrogen) atoms. The lowest BCUT2D eigenvalue weighted by Gasteiger charge is -2.12. The lowest BCUT2D eigenvalue weighted by molar-refractivity contribution is -0.141. The van der Waals surface area contributed by atoms with Crippen LogP contribution in [0.25, 0.3) is 5.65 Å². The van der Waals surface area contributed by atoms with Crippen molar-refractivity contribution >= 4 is 5.65 Å². The van der Waals surface area contributed by atoms with Crippen LogP contribution in [0.1, 0.15) is 11.4 Å². The van der Waals surface area contributed by atoms with Crippen LogP contribution in [0.3, 0.4) is 0 Å².